The van der Waals surface area contributed by atoms with E-state index in [1.807, 2.05) is 0 Å². The van der Waals surface area contributed by atoms with Gasteiger partial charge in [-0.05, 0) is 31.2 Å². The Bertz CT molecular complexity index is 856. The van der Waals surface area contributed by atoms with Crippen molar-refractivity contribution in [3.05, 3.63) is 53.8 Å². The summed E-state index contributed by atoms with van der Waals surface area (Å²) < 4.78 is 58.1. The van der Waals surface area contributed by atoms with Crippen molar-refractivity contribution in [2.75, 3.05) is 5.32 Å². The number of ether oxygens (including phenoxy) is 1. The molecule has 0 aromatic heterocycles. The summed E-state index contributed by atoms with van der Waals surface area (Å²) in [5.41, 5.74) is 3.87. The molecule has 10 heteroatoms. The Hall–Kier alpha value is -3.30. The zero-order valence-corrected chi connectivity index (χ0v) is 13.9. The van der Waals surface area contributed by atoms with Gasteiger partial charge in [-0.25, -0.2) is 9.18 Å². The van der Waals surface area contributed by atoms with E-state index in [9.17, 15) is 27.2 Å². The van der Waals surface area contributed by atoms with Crippen molar-refractivity contribution in [3.63, 3.8) is 0 Å². The van der Waals surface area contributed by atoms with Crippen LogP contribution in [0.5, 0.6) is 11.5 Å². The Balaban J connectivity index is 2.16. The Kier molecular flexibility index (Phi) is 5.88. The molecule has 2 aromatic rings. The van der Waals surface area contributed by atoms with Gasteiger partial charge in [0.1, 0.15) is 11.8 Å². The molecule has 1 atom stereocenters. The highest BCUT2D eigenvalue weighted by Gasteiger charge is 2.34. The summed E-state index contributed by atoms with van der Waals surface area (Å²) in [6.45, 7) is 1.36. The molecule has 0 bridgehead atoms. The van der Waals surface area contributed by atoms with Gasteiger partial charge in [-0.3, -0.25) is 4.79 Å². The van der Waals surface area contributed by atoms with E-state index in [-0.39, 0.29) is 5.69 Å². The van der Waals surface area contributed by atoms with Crippen molar-refractivity contribution >= 4 is 17.6 Å². The Morgan fingerprint density at radius 3 is 2.37 bits per heavy atom. The number of hydrogen-bond donors (Lipinski definition) is 3. The van der Waals surface area contributed by atoms with E-state index in [4.69, 9.17) is 10.5 Å². The van der Waals surface area contributed by atoms with Gasteiger partial charge in [-0.1, -0.05) is 12.1 Å². The Labute approximate surface area is 151 Å². The first-order valence-electron chi connectivity index (χ1n) is 7.58. The van der Waals surface area contributed by atoms with Crippen LogP contribution in [-0.4, -0.2) is 18.0 Å². The van der Waals surface area contributed by atoms with Crippen molar-refractivity contribution in [3.8, 4) is 11.5 Å². The second-order valence-electron chi connectivity index (χ2n) is 5.46. The number of carbonyl (C=O) groups excluding carboxylic acids is 2. The van der Waals surface area contributed by atoms with Crippen molar-refractivity contribution in [2.24, 2.45) is 5.73 Å². The van der Waals surface area contributed by atoms with E-state index < -0.39 is 47.0 Å². The van der Waals surface area contributed by atoms with Gasteiger partial charge in [0.15, 0.2) is 11.6 Å². The van der Waals surface area contributed by atoms with Crippen LogP contribution in [0.2, 0.25) is 0 Å². The lowest BCUT2D eigenvalue weighted by atomic mass is 10.2. The number of para-hydroxylation sites is 1. The van der Waals surface area contributed by atoms with Gasteiger partial charge in [0, 0.05) is 11.8 Å². The zero-order chi connectivity index (χ0) is 20.2. The van der Waals surface area contributed by atoms with Gasteiger partial charge in [-0.2, -0.15) is 13.2 Å². The molecule has 0 heterocycles. The average molecular weight is 385 g/mol. The molecule has 27 heavy (non-hydrogen) atoms. The molecule has 0 aliphatic carbocycles. The van der Waals surface area contributed by atoms with Gasteiger partial charge < -0.3 is 21.1 Å². The number of nitrogens with two attached hydrogens (primary N) is 1. The number of primary amides is 1. The van der Waals surface area contributed by atoms with Crippen LogP contribution < -0.4 is 21.1 Å². The summed E-state index contributed by atoms with van der Waals surface area (Å²) in [5, 5.41) is 4.47. The zero-order valence-electron chi connectivity index (χ0n) is 13.9. The third-order valence-electron chi connectivity index (χ3n) is 3.36. The SMILES string of the molecule is CC(NC(N)=O)C(=O)Nc1ccc(Oc2ccccc2C(F)(F)F)c(F)c1. The number of halogens is 4. The van der Waals surface area contributed by atoms with Crippen LogP contribution in [0.4, 0.5) is 28.0 Å². The standard InChI is InChI=1S/C17H15F4N3O3/c1-9(23-16(22)26)15(25)24-10-6-7-14(12(18)8-10)27-13-5-3-2-4-11(13)17(19,20)21/h2-9H,1H3,(H,24,25)(H3,22,23,26). The van der Waals surface area contributed by atoms with Gasteiger partial charge in [-0.15, -0.1) is 0 Å². The predicted molar refractivity (Wildman–Crippen MR) is 88.7 cm³/mol. The van der Waals surface area contributed by atoms with Crippen LogP contribution in [0.15, 0.2) is 42.5 Å². The molecule has 6 nitrogen and oxygen atoms in total. The van der Waals surface area contributed by atoms with E-state index in [2.05, 4.69) is 10.6 Å². The average Bonchev–Trinajstić information content (AvgIpc) is 2.56. The van der Waals surface area contributed by atoms with Crippen LogP contribution in [0.1, 0.15) is 12.5 Å². The van der Waals surface area contributed by atoms with E-state index in [0.29, 0.717) is 0 Å². The number of nitrogens with one attached hydrogen (secondary N) is 2. The number of anilines is 1. The second-order valence-corrected chi connectivity index (χ2v) is 5.46. The number of urea groups is 1. The van der Waals surface area contributed by atoms with Gasteiger partial charge in [0.25, 0.3) is 0 Å². The molecule has 2 aromatic carbocycles. The van der Waals surface area contributed by atoms with E-state index >= 15 is 0 Å². The van der Waals surface area contributed by atoms with Crippen molar-refractivity contribution in [2.45, 2.75) is 19.1 Å². The second kappa shape index (κ2) is 7.94. The van der Waals surface area contributed by atoms with Crippen LogP contribution in [0.3, 0.4) is 0 Å². The lowest BCUT2D eigenvalue weighted by Crippen LogP contribution is -2.44. The topological polar surface area (TPSA) is 93.5 Å². The summed E-state index contributed by atoms with van der Waals surface area (Å²) in [6.07, 6.45) is -4.66. The smallest absolute Gasteiger partial charge is 0.419 e. The number of amides is 3. The maximum atomic E-state index is 14.2. The molecule has 0 radical (unpaired) electrons. The minimum atomic E-state index is -4.66. The lowest BCUT2D eigenvalue weighted by Gasteiger charge is -2.15. The Morgan fingerprint density at radius 1 is 1.11 bits per heavy atom. The summed E-state index contributed by atoms with van der Waals surface area (Å²) >= 11 is 0. The molecular weight excluding hydrogens is 370 g/mol. The Morgan fingerprint density at radius 2 is 1.78 bits per heavy atom. The number of benzene rings is 2. The molecule has 144 valence electrons. The molecule has 0 aliphatic rings. The maximum absolute atomic E-state index is 14.2. The minimum Gasteiger partial charge on any atom is -0.454 e. The van der Waals surface area contributed by atoms with Gasteiger partial charge in [0.05, 0.1) is 5.56 Å². The first-order chi connectivity index (χ1) is 12.6. The molecule has 3 amide bonds. The summed E-state index contributed by atoms with van der Waals surface area (Å²) in [6, 6.07) is 5.70. The van der Waals surface area contributed by atoms with Crippen LogP contribution in [-0.2, 0) is 11.0 Å². The van der Waals surface area contributed by atoms with E-state index in [1.165, 1.54) is 25.1 Å². The van der Waals surface area contributed by atoms with Crippen molar-refractivity contribution in [1.29, 1.82) is 0 Å². The molecule has 2 rings (SSSR count). The molecule has 1 unspecified atom stereocenters. The van der Waals surface area contributed by atoms with Crippen LogP contribution in [0, 0.1) is 5.82 Å². The van der Waals surface area contributed by atoms with Crippen molar-refractivity contribution in [1.82, 2.24) is 5.32 Å². The van der Waals surface area contributed by atoms with E-state index in [0.717, 1.165) is 24.3 Å². The highest BCUT2D eigenvalue weighted by Crippen LogP contribution is 2.38. The number of carbonyl (C=O) groups is 2. The molecule has 4 N–H and O–H groups in total. The van der Waals surface area contributed by atoms with Gasteiger partial charge >= 0.3 is 12.2 Å². The number of alkyl halides is 3. The molecular formula is C17H15F4N3O3. The fraction of sp³-hybridized carbons (Fsp3) is 0.176. The minimum absolute atomic E-state index is 0.0204. The maximum Gasteiger partial charge on any atom is 0.419 e. The summed E-state index contributed by atoms with van der Waals surface area (Å²) in [4.78, 5) is 22.5. The third-order valence-corrected chi connectivity index (χ3v) is 3.36. The number of rotatable bonds is 5. The molecule has 0 fully saturated rings. The summed E-state index contributed by atoms with van der Waals surface area (Å²) in [7, 11) is 0. The normalized spacial score (nSPS) is 12.2. The van der Waals surface area contributed by atoms with Crippen molar-refractivity contribution < 1.29 is 31.9 Å². The largest absolute Gasteiger partial charge is 0.454 e. The monoisotopic (exact) mass is 385 g/mol. The predicted octanol–water partition coefficient (Wildman–Crippen LogP) is 3.63. The third kappa shape index (κ3) is 5.33. The molecule has 0 saturated carbocycles. The van der Waals surface area contributed by atoms with Crippen LogP contribution >= 0.6 is 0 Å². The van der Waals surface area contributed by atoms with Gasteiger partial charge in [0.2, 0.25) is 5.91 Å². The first-order valence-corrected chi connectivity index (χ1v) is 7.58. The highest BCUT2D eigenvalue weighted by molar-refractivity contribution is 5.96. The quantitative estimate of drug-likeness (QED) is 0.686. The fourth-order valence-electron chi connectivity index (χ4n) is 2.10. The lowest BCUT2D eigenvalue weighted by molar-refractivity contribution is -0.138. The molecule has 0 spiro atoms. The number of hydrogen-bond acceptors (Lipinski definition) is 3. The highest BCUT2D eigenvalue weighted by atomic mass is 19.4. The molecule has 0 aliphatic heterocycles. The van der Waals surface area contributed by atoms with E-state index in [1.54, 1.807) is 0 Å². The molecule has 0 saturated heterocycles. The fourth-order valence-corrected chi connectivity index (χ4v) is 2.10. The van der Waals surface area contributed by atoms with Crippen LogP contribution in [0.25, 0.3) is 0 Å². The summed E-state index contributed by atoms with van der Waals surface area (Å²) in [5.74, 6) is -2.66. The first kappa shape index (κ1) is 20.0.